The van der Waals surface area contributed by atoms with E-state index in [2.05, 4.69) is 180 Å². The molecule has 2 aliphatic rings. The topological polar surface area (TPSA) is 0 Å². The number of allylic oxidation sites excluding steroid dienone is 4. The smallest absolute Gasteiger partial charge is 1.00 e. The fourth-order valence-corrected chi connectivity index (χ4v) is 20.4. The summed E-state index contributed by atoms with van der Waals surface area (Å²) < 4.78 is 3.85. The molecule has 0 bridgehead atoms. The van der Waals surface area contributed by atoms with E-state index in [1.807, 2.05) is 0 Å². The molecule has 50 heavy (non-hydrogen) atoms. The van der Waals surface area contributed by atoms with Crippen LogP contribution in [0.3, 0.4) is 0 Å². The van der Waals surface area contributed by atoms with Crippen LogP contribution in [0.1, 0.15) is 104 Å². The van der Waals surface area contributed by atoms with Crippen molar-refractivity contribution in [1.82, 2.24) is 0 Å². The predicted octanol–water partition coefficient (Wildman–Crippen LogP) is 6.59. The summed E-state index contributed by atoms with van der Waals surface area (Å²) in [6.45, 7) is 31.2. The van der Waals surface area contributed by atoms with Gasteiger partial charge >= 0.3 is 302 Å². The van der Waals surface area contributed by atoms with E-state index in [0.717, 1.165) is 0 Å². The normalized spacial score (nSPS) is 15.8. The van der Waals surface area contributed by atoms with Gasteiger partial charge in [-0.25, -0.2) is 0 Å². The van der Waals surface area contributed by atoms with E-state index in [9.17, 15) is 0 Å². The molecule has 0 nitrogen and oxygen atoms in total. The van der Waals surface area contributed by atoms with Crippen molar-refractivity contribution in [2.75, 3.05) is 0 Å². The average molecular weight is 799 g/mol. The molecular weight excluding hydrogens is 743 g/mol. The van der Waals surface area contributed by atoms with Gasteiger partial charge in [0, 0.05) is 0 Å². The second kappa shape index (κ2) is 14.7. The quantitative estimate of drug-likeness (QED) is 0.200. The van der Waals surface area contributed by atoms with Crippen LogP contribution in [0.4, 0.5) is 0 Å². The molecular formula is C46H56Cl2SiZr. The molecule has 2 aliphatic carbocycles. The fraction of sp³-hybridized carbons (Fsp3) is 0.370. The molecule has 0 saturated heterocycles. The van der Waals surface area contributed by atoms with Gasteiger partial charge in [-0.2, -0.15) is 0 Å². The molecule has 4 aromatic carbocycles. The Bertz CT molecular complexity index is 1880. The van der Waals surface area contributed by atoms with Gasteiger partial charge in [0.1, 0.15) is 0 Å². The zero-order valence-corrected chi connectivity index (χ0v) is 37.5. The summed E-state index contributed by atoms with van der Waals surface area (Å²) in [4.78, 5) is 0. The maximum absolute atomic E-state index is 2.89. The first kappa shape index (κ1) is 40.7. The molecule has 262 valence electrons. The molecule has 0 saturated carbocycles. The number of rotatable bonds is 5. The van der Waals surface area contributed by atoms with Crippen LogP contribution in [0.25, 0.3) is 11.1 Å². The maximum Gasteiger partial charge on any atom is -1.00 e. The number of hydrogen-bond acceptors (Lipinski definition) is 0. The van der Waals surface area contributed by atoms with Gasteiger partial charge in [-0.3, -0.25) is 0 Å². The van der Waals surface area contributed by atoms with Crippen molar-refractivity contribution < 1.29 is 46.1 Å². The molecule has 0 heterocycles. The van der Waals surface area contributed by atoms with Crippen LogP contribution >= 0.6 is 0 Å². The van der Waals surface area contributed by atoms with Crippen molar-refractivity contribution in [1.29, 1.82) is 0 Å². The third kappa shape index (κ3) is 7.67. The van der Waals surface area contributed by atoms with E-state index in [4.69, 9.17) is 0 Å². The maximum atomic E-state index is 2.68. The van der Waals surface area contributed by atoms with E-state index < -0.39 is 29.3 Å². The zero-order valence-electron chi connectivity index (χ0n) is 32.6. The SMILES string of the molecule is CC1=[C]([Zr+2](=[C](c2ccc(C)cc2)c2ccc(C)cc2)[CH]2c3ccc(C(C)(C)C)cc3-c3cc(C(C)(C)C)ccc32)C(C)C=C1[Si](C)(C)C.[Cl-].[Cl-]. The second-order valence-corrected chi connectivity index (χ2v) is 28.8. The van der Waals surface area contributed by atoms with Crippen LogP contribution in [-0.4, -0.2) is 11.3 Å². The first-order valence-corrected chi connectivity index (χ1v) is 25.4. The van der Waals surface area contributed by atoms with Gasteiger partial charge in [0.25, 0.3) is 0 Å². The second-order valence-electron chi connectivity index (χ2n) is 17.7. The van der Waals surface area contributed by atoms with Gasteiger partial charge < -0.3 is 24.8 Å². The van der Waals surface area contributed by atoms with Gasteiger partial charge in [0.05, 0.1) is 0 Å². The van der Waals surface area contributed by atoms with Crippen LogP contribution in [-0.2, 0) is 32.1 Å². The van der Waals surface area contributed by atoms with E-state index in [0.29, 0.717) is 9.54 Å². The van der Waals surface area contributed by atoms with E-state index in [1.165, 1.54) is 44.5 Å². The number of hydrogen-bond donors (Lipinski definition) is 0. The van der Waals surface area contributed by atoms with Crippen molar-refractivity contribution in [3.8, 4) is 11.1 Å². The monoisotopic (exact) mass is 796 g/mol. The Kier molecular flexibility index (Phi) is 12.0. The van der Waals surface area contributed by atoms with Gasteiger partial charge in [-0.15, -0.1) is 0 Å². The minimum absolute atomic E-state index is 0. The van der Waals surface area contributed by atoms with Crippen LogP contribution in [0.5, 0.6) is 0 Å². The zero-order chi connectivity index (χ0) is 34.9. The Morgan fingerprint density at radius 2 is 1.00 bits per heavy atom. The summed E-state index contributed by atoms with van der Waals surface area (Å²) in [6.07, 6.45) is 2.68. The fourth-order valence-electron chi connectivity index (χ4n) is 8.05. The van der Waals surface area contributed by atoms with Gasteiger partial charge in [-0.05, 0) is 0 Å². The molecule has 0 radical (unpaired) electrons. The third-order valence-corrected chi connectivity index (χ3v) is 22.1. The molecule has 1 atom stereocenters. The molecule has 0 amide bonds. The van der Waals surface area contributed by atoms with Gasteiger partial charge in [0.2, 0.25) is 0 Å². The minimum atomic E-state index is -2.89. The molecule has 1 unspecified atom stereocenters. The largest absolute Gasteiger partial charge is 1.00 e. The minimum Gasteiger partial charge on any atom is -1.00 e. The van der Waals surface area contributed by atoms with Gasteiger partial charge in [-0.1, -0.05) is 0 Å². The average Bonchev–Trinajstić information content (AvgIpc) is 3.49. The predicted molar refractivity (Wildman–Crippen MR) is 210 cm³/mol. The summed E-state index contributed by atoms with van der Waals surface area (Å²) in [5.41, 5.74) is 16.2. The van der Waals surface area contributed by atoms with Crippen molar-refractivity contribution in [3.63, 3.8) is 0 Å². The van der Waals surface area contributed by atoms with Crippen LogP contribution < -0.4 is 24.8 Å². The Morgan fingerprint density at radius 1 is 0.600 bits per heavy atom. The first-order valence-electron chi connectivity index (χ1n) is 18.0. The van der Waals surface area contributed by atoms with E-state index in [1.54, 1.807) is 28.4 Å². The van der Waals surface area contributed by atoms with Crippen LogP contribution in [0, 0.1) is 19.8 Å². The van der Waals surface area contributed by atoms with Crippen LogP contribution in [0.2, 0.25) is 19.6 Å². The van der Waals surface area contributed by atoms with Crippen molar-refractivity contribution in [3.05, 3.63) is 150 Å². The van der Waals surface area contributed by atoms with E-state index in [-0.39, 0.29) is 35.6 Å². The number of aryl methyl sites for hydroxylation is 2. The summed E-state index contributed by atoms with van der Waals surface area (Å²) in [5, 5.41) is 1.68. The molecule has 0 aromatic heterocycles. The first-order chi connectivity index (χ1) is 22.4. The van der Waals surface area contributed by atoms with Crippen molar-refractivity contribution >= 4 is 11.3 Å². The Hall–Kier alpha value is -2.09. The Labute approximate surface area is 324 Å². The van der Waals surface area contributed by atoms with Gasteiger partial charge in [0.15, 0.2) is 0 Å². The van der Waals surface area contributed by atoms with Crippen molar-refractivity contribution in [2.24, 2.45) is 5.92 Å². The third-order valence-electron chi connectivity index (χ3n) is 10.8. The number of fused-ring (bicyclic) bond motifs is 3. The molecule has 0 fully saturated rings. The Balaban J connectivity index is 0.00000281. The molecule has 0 aliphatic heterocycles. The number of benzene rings is 4. The summed E-state index contributed by atoms with van der Waals surface area (Å²) in [7, 11) is -1.54. The molecule has 4 aromatic rings. The standard InChI is InChI=1S/C21H25.C15H14.C10H17Si.2ClH.Zr/c1-20(2,3)16-9-7-14-11-15-8-10-17(21(4,5)6)13-19(15)18(14)12-16;1-12-3-7-14(8-4-12)11-15-9-5-13(2)6-10-15;1-8-6-9(2)10(7-8)11(3,4)5;;;/h7-13H,1-6H3;3-10H,1-2H3;7-8H,1-5H3;2*1H;/q;;;;;+2/p-2. The molecule has 0 N–H and O–H groups in total. The van der Waals surface area contributed by atoms with E-state index >= 15 is 0 Å². The Morgan fingerprint density at radius 3 is 1.34 bits per heavy atom. The molecule has 0 spiro atoms. The molecule has 6 rings (SSSR count). The number of halogens is 2. The van der Waals surface area contributed by atoms with Crippen LogP contribution in [0.15, 0.2) is 105 Å². The van der Waals surface area contributed by atoms with Crippen molar-refractivity contribution in [2.45, 2.75) is 103 Å². The molecule has 4 heteroatoms. The summed E-state index contributed by atoms with van der Waals surface area (Å²) in [6, 6.07) is 34.1. The summed E-state index contributed by atoms with van der Waals surface area (Å²) >= 11 is -2.89. The summed E-state index contributed by atoms with van der Waals surface area (Å²) in [5.74, 6) is 0.460.